The number of aliphatic carboxylic acids is 2. The number of likely N-dealkylation sites (N-methyl/N-ethyl adjacent to an activating group) is 1. The number of hydrogen-bond acceptors (Lipinski definition) is 7. The molecule has 1 aromatic rings. The van der Waals surface area contributed by atoms with Gasteiger partial charge in [0.25, 0.3) is 0 Å². The highest BCUT2D eigenvalue weighted by Crippen LogP contribution is 2.08. The van der Waals surface area contributed by atoms with Crippen molar-refractivity contribution in [2.45, 2.75) is 24.9 Å². The van der Waals surface area contributed by atoms with Crippen LogP contribution in [0.15, 0.2) is 30.3 Å². The zero-order chi connectivity index (χ0) is 18.1. The standard InChI is InChI=1S/C15H21N3O6/c1-16-18(2)12(8-10-6-4-3-5-7-10)15(23)24-17-11(14(21)22)9-13(19)20/h3-7,11-12,16-17H,8-9H2,1-2H3,(H,19,20)(H,21,22)/t11-,12-/m0/s1. The maximum absolute atomic E-state index is 12.3. The van der Waals surface area contributed by atoms with Crippen LogP contribution in [-0.4, -0.2) is 59.3 Å². The fraction of sp³-hybridized carbons (Fsp3) is 0.400. The molecular weight excluding hydrogens is 318 g/mol. The first kappa shape index (κ1) is 19.6. The van der Waals surface area contributed by atoms with Crippen LogP contribution in [0.5, 0.6) is 0 Å². The van der Waals surface area contributed by atoms with Gasteiger partial charge in [0.15, 0.2) is 6.04 Å². The summed E-state index contributed by atoms with van der Waals surface area (Å²) in [7, 11) is 3.27. The Morgan fingerprint density at radius 3 is 2.33 bits per heavy atom. The van der Waals surface area contributed by atoms with Crippen LogP contribution in [0.25, 0.3) is 0 Å². The predicted molar refractivity (Wildman–Crippen MR) is 83.7 cm³/mol. The van der Waals surface area contributed by atoms with Crippen LogP contribution in [0.2, 0.25) is 0 Å². The highest BCUT2D eigenvalue weighted by atomic mass is 16.7. The van der Waals surface area contributed by atoms with E-state index < -0.39 is 36.4 Å². The van der Waals surface area contributed by atoms with E-state index in [0.29, 0.717) is 6.42 Å². The Labute approximate surface area is 139 Å². The molecule has 0 unspecified atom stereocenters. The van der Waals surface area contributed by atoms with E-state index in [1.54, 1.807) is 14.1 Å². The van der Waals surface area contributed by atoms with Crippen LogP contribution in [-0.2, 0) is 25.6 Å². The normalized spacial score (nSPS) is 13.3. The van der Waals surface area contributed by atoms with Crippen molar-refractivity contribution in [2.24, 2.45) is 0 Å². The average Bonchev–Trinajstić information content (AvgIpc) is 2.55. The van der Waals surface area contributed by atoms with Gasteiger partial charge >= 0.3 is 17.9 Å². The lowest BCUT2D eigenvalue weighted by Gasteiger charge is -2.25. The lowest BCUT2D eigenvalue weighted by Crippen LogP contribution is -2.50. The number of hydrogen-bond donors (Lipinski definition) is 4. The Kier molecular flexibility index (Phi) is 7.83. The molecule has 0 aliphatic heterocycles. The van der Waals surface area contributed by atoms with Crippen molar-refractivity contribution in [1.82, 2.24) is 15.9 Å². The number of carbonyl (C=O) groups is 3. The second-order valence-electron chi connectivity index (χ2n) is 5.07. The highest BCUT2D eigenvalue weighted by molar-refractivity contribution is 5.81. The molecule has 132 valence electrons. The molecule has 9 nitrogen and oxygen atoms in total. The van der Waals surface area contributed by atoms with Gasteiger partial charge in [0, 0.05) is 13.5 Å². The third-order valence-electron chi connectivity index (χ3n) is 3.34. The Morgan fingerprint density at radius 1 is 1.21 bits per heavy atom. The van der Waals surface area contributed by atoms with Gasteiger partial charge in [-0.3, -0.25) is 15.0 Å². The van der Waals surface area contributed by atoms with Crippen LogP contribution >= 0.6 is 0 Å². The van der Waals surface area contributed by atoms with E-state index in [9.17, 15) is 14.4 Å². The summed E-state index contributed by atoms with van der Waals surface area (Å²) in [6.45, 7) is 0. The fourth-order valence-corrected chi connectivity index (χ4v) is 1.92. The monoisotopic (exact) mass is 339 g/mol. The Balaban J connectivity index is 2.74. The summed E-state index contributed by atoms with van der Waals surface area (Å²) in [6.07, 6.45) is -0.386. The fourth-order valence-electron chi connectivity index (χ4n) is 1.92. The zero-order valence-corrected chi connectivity index (χ0v) is 13.4. The molecule has 0 fully saturated rings. The number of carboxylic acids is 2. The highest BCUT2D eigenvalue weighted by Gasteiger charge is 2.28. The van der Waals surface area contributed by atoms with Crippen molar-refractivity contribution in [1.29, 1.82) is 0 Å². The molecule has 0 radical (unpaired) electrons. The maximum Gasteiger partial charge on any atom is 0.343 e. The maximum atomic E-state index is 12.3. The van der Waals surface area contributed by atoms with E-state index in [2.05, 4.69) is 5.43 Å². The van der Waals surface area contributed by atoms with E-state index >= 15 is 0 Å². The molecule has 1 rings (SSSR count). The molecule has 0 saturated carbocycles. The van der Waals surface area contributed by atoms with Crippen LogP contribution in [0, 0.1) is 0 Å². The van der Waals surface area contributed by atoms with Gasteiger partial charge in [0.05, 0.1) is 6.42 Å². The number of nitrogens with zero attached hydrogens (tertiary/aromatic N) is 1. The number of carboxylic acid groups (broad SMARTS) is 2. The van der Waals surface area contributed by atoms with Crippen LogP contribution in [0.1, 0.15) is 12.0 Å². The van der Waals surface area contributed by atoms with E-state index in [1.807, 2.05) is 35.8 Å². The molecule has 0 aromatic heterocycles. The third-order valence-corrected chi connectivity index (χ3v) is 3.34. The summed E-state index contributed by atoms with van der Waals surface area (Å²) < 4.78 is 0. The van der Waals surface area contributed by atoms with E-state index in [-0.39, 0.29) is 0 Å². The number of carbonyl (C=O) groups excluding carboxylic acids is 1. The summed E-state index contributed by atoms with van der Waals surface area (Å²) in [5, 5.41) is 19.1. The molecule has 1 aromatic carbocycles. The number of hydroxylamine groups is 1. The van der Waals surface area contributed by atoms with Gasteiger partial charge in [-0.15, -0.1) is 5.48 Å². The van der Waals surface area contributed by atoms with Crippen molar-refractivity contribution in [3.05, 3.63) is 35.9 Å². The van der Waals surface area contributed by atoms with Crippen molar-refractivity contribution >= 4 is 17.9 Å². The molecule has 2 atom stereocenters. The zero-order valence-electron chi connectivity index (χ0n) is 13.4. The van der Waals surface area contributed by atoms with E-state index in [0.717, 1.165) is 5.56 Å². The van der Waals surface area contributed by atoms with Gasteiger partial charge in [-0.2, -0.15) is 0 Å². The van der Waals surface area contributed by atoms with E-state index in [1.165, 1.54) is 5.01 Å². The molecule has 24 heavy (non-hydrogen) atoms. The molecule has 0 bridgehead atoms. The lowest BCUT2D eigenvalue weighted by molar-refractivity contribution is -0.165. The van der Waals surface area contributed by atoms with Crippen molar-refractivity contribution in [3.8, 4) is 0 Å². The Bertz CT molecular complexity index is 566. The summed E-state index contributed by atoms with van der Waals surface area (Å²) in [6, 6.07) is 6.96. The largest absolute Gasteiger partial charge is 0.481 e. The van der Waals surface area contributed by atoms with Gasteiger partial charge in [0.2, 0.25) is 0 Å². The van der Waals surface area contributed by atoms with Gasteiger partial charge in [-0.1, -0.05) is 30.3 Å². The molecule has 9 heteroatoms. The minimum Gasteiger partial charge on any atom is -0.481 e. The predicted octanol–water partition coefficient (Wildman–Crippen LogP) is -0.360. The third kappa shape index (κ3) is 6.32. The smallest absolute Gasteiger partial charge is 0.343 e. The Hall–Kier alpha value is -2.49. The first-order chi connectivity index (χ1) is 11.3. The van der Waals surface area contributed by atoms with E-state index in [4.69, 9.17) is 15.1 Å². The number of rotatable bonds is 10. The SMILES string of the molecule is CNN(C)[C@@H](Cc1ccccc1)C(=O)ON[C@@H](CC(=O)O)C(=O)O. The topological polar surface area (TPSA) is 128 Å². The molecule has 0 amide bonds. The van der Waals surface area contributed by atoms with Crippen molar-refractivity contribution in [3.63, 3.8) is 0 Å². The second kappa shape index (κ2) is 9.60. The van der Waals surface area contributed by atoms with Gasteiger partial charge in [-0.05, 0) is 12.6 Å². The lowest BCUT2D eigenvalue weighted by atomic mass is 10.1. The quantitative estimate of drug-likeness (QED) is 0.422. The number of benzene rings is 1. The van der Waals surface area contributed by atoms with Crippen LogP contribution in [0.3, 0.4) is 0 Å². The molecule has 0 heterocycles. The van der Waals surface area contributed by atoms with Gasteiger partial charge in [0.1, 0.15) is 6.04 Å². The van der Waals surface area contributed by atoms with Crippen molar-refractivity contribution in [2.75, 3.05) is 14.1 Å². The Morgan fingerprint density at radius 2 is 1.83 bits per heavy atom. The second-order valence-corrected chi connectivity index (χ2v) is 5.07. The molecule has 0 saturated heterocycles. The first-order valence-corrected chi connectivity index (χ1v) is 7.20. The summed E-state index contributed by atoms with van der Waals surface area (Å²) in [5.74, 6) is -3.47. The van der Waals surface area contributed by atoms with Gasteiger partial charge < -0.3 is 15.1 Å². The molecule has 0 aliphatic carbocycles. The molecule has 0 spiro atoms. The van der Waals surface area contributed by atoms with Gasteiger partial charge in [-0.25, -0.2) is 9.80 Å². The minimum absolute atomic E-state index is 0.329. The average molecular weight is 339 g/mol. The van der Waals surface area contributed by atoms with Crippen LogP contribution in [0.4, 0.5) is 0 Å². The summed E-state index contributed by atoms with van der Waals surface area (Å²) >= 11 is 0. The summed E-state index contributed by atoms with van der Waals surface area (Å²) in [4.78, 5) is 38.6. The molecule has 0 aliphatic rings. The number of hydrazine groups is 1. The molecule has 4 N–H and O–H groups in total. The summed E-state index contributed by atoms with van der Waals surface area (Å²) in [5.41, 5.74) is 5.70. The minimum atomic E-state index is -1.52. The van der Waals surface area contributed by atoms with Crippen molar-refractivity contribution < 1.29 is 29.4 Å². The molecular formula is C15H21N3O6. The first-order valence-electron chi connectivity index (χ1n) is 7.20. The van der Waals surface area contributed by atoms with Crippen LogP contribution < -0.4 is 10.9 Å². The number of nitrogens with one attached hydrogen (secondary N) is 2.